The van der Waals surface area contributed by atoms with Gasteiger partial charge in [-0.15, -0.1) is 10.2 Å². The maximum Gasteiger partial charge on any atom is 0.416 e. The zero-order valence-corrected chi connectivity index (χ0v) is 10.3. The number of alkyl halides is 3. The van der Waals surface area contributed by atoms with Crippen LogP contribution in [0, 0.1) is 0 Å². The van der Waals surface area contributed by atoms with Crippen molar-refractivity contribution in [3.8, 4) is 0 Å². The van der Waals surface area contributed by atoms with Gasteiger partial charge in [0.2, 0.25) is 0 Å². The molecule has 0 atom stereocenters. The molecule has 1 amide bonds. The molecular weight excluding hydrogens is 275 g/mol. The fourth-order valence-electron chi connectivity index (χ4n) is 1.57. The van der Waals surface area contributed by atoms with Gasteiger partial charge >= 0.3 is 6.18 Å². The van der Waals surface area contributed by atoms with Gasteiger partial charge in [0.25, 0.3) is 11.7 Å². The number of nitrogens with one attached hydrogen (secondary N) is 1. The first kappa shape index (κ1) is 14.0. The number of hydrogen-bond acceptors (Lipinski definition) is 4. The highest BCUT2D eigenvalue weighted by molar-refractivity contribution is 5.89. The Hall–Kier alpha value is -2.45. The van der Waals surface area contributed by atoms with Gasteiger partial charge in [-0.2, -0.15) is 18.4 Å². The van der Waals surface area contributed by atoms with Crippen molar-refractivity contribution in [2.45, 2.75) is 12.7 Å². The molecule has 0 aliphatic carbocycles. The minimum atomic E-state index is -4.37. The van der Waals surface area contributed by atoms with Crippen molar-refractivity contribution in [2.24, 2.45) is 0 Å². The zero-order chi connectivity index (χ0) is 14.8. The maximum atomic E-state index is 12.4. The molecule has 0 spiro atoms. The third-order valence-electron chi connectivity index (χ3n) is 2.58. The summed E-state index contributed by atoms with van der Waals surface area (Å²) in [6.45, 7) is 0.144. The third-order valence-corrected chi connectivity index (χ3v) is 2.58. The Morgan fingerprint density at radius 3 is 2.45 bits per heavy atom. The van der Waals surface area contributed by atoms with Gasteiger partial charge in [-0.25, -0.2) is 0 Å². The van der Waals surface area contributed by atoms with Gasteiger partial charge in [-0.3, -0.25) is 4.79 Å². The van der Waals surface area contributed by atoms with Gasteiger partial charge in [-0.05, 0) is 22.9 Å². The molecular formula is C11H10F3N5O. The molecule has 0 aliphatic rings. The number of nitrogens with zero attached hydrogens (tertiary/aromatic N) is 4. The average molecular weight is 285 g/mol. The molecule has 0 bridgehead atoms. The van der Waals surface area contributed by atoms with E-state index in [0.29, 0.717) is 5.56 Å². The van der Waals surface area contributed by atoms with E-state index in [-0.39, 0.29) is 12.4 Å². The summed E-state index contributed by atoms with van der Waals surface area (Å²) in [7, 11) is 1.50. The van der Waals surface area contributed by atoms with Gasteiger partial charge < -0.3 is 4.90 Å². The van der Waals surface area contributed by atoms with Crippen LogP contribution in [0.3, 0.4) is 0 Å². The smallest absolute Gasteiger partial charge is 0.335 e. The van der Waals surface area contributed by atoms with Crippen molar-refractivity contribution < 1.29 is 18.0 Å². The Bertz CT molecular complexity index is 579. The zero-order valence-electron chi connectivity index (χ0n) is 10.3. The summed E-state index contributed by atoms with van der Waals surface area (Å²) < 4.78 is 37.2. The number of rotatable bonds is 3. The molecule has 1 aromatic heterocycles. The van der Waals surface area contributed by atoms with Crippen LogP contribution < -0.4 is 0 Å². The van der Waals surface area contributed by atoms with Crippen LogP contribution in [-0.2, 0) is 12.7 Å². The summed E-state index contributed by atoms with van der Waals surface area (Å²) >= 11 is 0. The minimum Gasteiger partial charge on any atom is -0.335 e. The predicted octanol–water partition coefficient (Wildman–Crippen LogP) is 1.49. The SMILES string of the molecule is CN(Cc1ccc(C(F)(F)F)cc1)C(=O)c1nn[nH]n1. The van der Waals surface area contributed by atoms with Crippen LogP contribution in [0.5, 0.6) is 0 Å². The number of carbonyl (C=O) groups is 1. The van der Waals surface area contributed by atoms with Gasteiger partial charge in [0.05, 0.1) is 5.56 Å². The van der Waals surface area contributed by atoms with Crippen molar-refractivity contribution in [1.82, 2.24) is 25.5 Å². The van der Waals surface area contributed by atoms with Crippen LogP contribution in [0.15, 0.2) is 24.3 Å². The monoisotopic (exact) mass is 285 g/mol. The van der Waals surface area contributed by atoms with Gasteiger partial charge in [-0.1, -0.05) is 12.1 Å². The number of carbonyl (C=O) groups excluding carboxylic acids is 1. The summed E-state index contributed by atoms with van der Waals surface area (Å²) in [5.41, 5.74) is -0.161. The normalized spacial score (nSPS) is 11.4. The fourth-order valence-corrected chi connectivity index (χ4v) is 1.57. The topological polar surface area (TPSA) is 74.8 Å². The largest absolute Gasteiger partial charge is 0.416 e. The standard InChI is InChI=1S/C11H10F3N5O/c1-19(10(20)9-15-17-18-16-9)6-7-2-4-8(5-3-7)11(12,13)14/h2-5H,6H2,1H3,(H,15,16,17,18). The number of amides is 1. The number of tetrazole rings is 1. The summed E-state index contributed by atoms with van der Waals surface area (Å²) in [5, 5.41) is 12.5. The molecule has 2 rings (SSSR count). The molecule has 0 aliphatic heterocycles. The van der Waals surface area contributed by atoms with E-state index in [9.17, 15) is 18.0 Å². The van der Waals surface area contributed by atoms with E-state index in [2.05, 4.69) is 20.6 Å². The van der Waals surface area contributed by atoms with Gasteiger partial charge in [0.15, 0.2) is 0 Å². The first-order valence-corrected chi connectivity index (χ1v) is 5.53. The van der Waals surface area contributed by atoms with Crippen LogP contribution in [-0.4, -0.2) is 38.5 Å². The minimum absolute atomic E-state index is 0.0978. The van der Waals surface area contributed by atoms with Crippen LogP contribution in [0.25, 0.3) is 0 Å². The van der Waals surface area contributed by atoms with Crippen molar-refractivity contribution >= 4 is 5.91 Å². The fraction of sp³-hybridized carbons (Fsp3) is 0.273. The highest BCUT2D eigenvalue weighted by Gasteiger charge is 2.30. The van der Waals surface area contributed by atoms with Crippen LogP contribution in [0.1, 0.15) is 21.7 Å². The number of hydrogen-bond donors (Lipinski definition) is 1. The Kier molecular flexibility index (Phi) is 3.68. The second-order valence-electron chi connectivity index (χ2n) is 4.09. The van der Waals surface area contributed by atoms with Crippen molar-refractivity contribution in [3.63, 3.8) is 0 Å². The Morgan fingerprint density at radius 2 is 1.95 bits per heavy atom. The molecule has 0 fully saturated rings. The van der Waals surface area contributed by atoms with E-state index in [0.717, 1.165) is 12.1 Å². The van der Waals surface area contributed by atoms with E-state index < -0.39 is 17.6 Å². The molecule has 1 heterocycles. The van der Waals surface area contributed by atoms with Crippen LogP contribution in [0.4, 0.5) is 13.2 Å². The van der Waals surface area contributed by atoms with Crippen molar-refractivity contribution in [3.05, 3.63) is 41.2 Å². The summed E-state index contributed by atoms with van der Waals surface area (Å²) in [6.07, 6.45) is -4.37. The lowest BCUT2D eigenvalue weighted by Gasteiger charge is -2.15. The predicted molar refractivity (Wildman–Crippen MR) is 61.4 cm³/mol. The van der Waals surface area contributed by atoms with Crippen LogP contribution >= 0.6 is 0 Å². The molecule has 0 unspecified atom stereocenters. The summed E-state index contributed by atoms with van der Waals surface area (Å²) in [6, 6.07) is 4.59. The molecule has 20 heavy (non-hydrogen) atoms. The average Bonchev–Trinajstić information content (AvgIpc) is 2.91. The molecule has 0 saturated carbocycles. The highest BCUT2D eigenvalue weighted by Crippen LogP contribution is 2.29. The van der Waals surface area contributed by atoms with Crippen molar-refractivity contribution in [1.29, 1.82) is 0 Å². The quantitative estimate of drug-likeness (QED) is 0.927. The third kappa shape index (κ3) is 3.11. The van der Waals surface area contributed by atoms with Gasteiger partial charge in [0.1, 0.15) is 0 Å². The lowest BCUT2D eigenvalue weighted by molar-refractivity contribution is -0.137. The van der Waals surface area contributed by atoms with Crippen LogP contribution in [0.2, 0.25) is 0 Å². The first-order valence-electron chi connectivity index (χ1n) is 5.53. The van der Waals surface area contributed by atoms with Crippen molar-refractivity contribution in [2.75, 3.05) is 7.05 Å². The van der Waals surface area contributed by atoms with E-state index in [1.165, 1.54) is 24.1 Å². The molecule has 106 valence electrons. The number of aromatic amines is 1. The van der Waals surface area contributed by atoms with E-state index in [1.54, 1.807) is 0 Å². The summed E-state index contributed by atoms with van der Waals surface area (Å²) in [4.78, 5) is 13.1. The number of benzene rings is 1. The second-order valence-corrected chi connectivity index (χ2v) is 4.09. The molecule has 1 N–H and O–H groups in total. The molecule has 0 saturated heterocycles. The Labute approximate surface area is 111 Å². The Balaban J connectivity index is 2.05. The first-order chi connectivity index (χ1) is 9.38. The van der Waals surface area contributed by atoms with E-state index >= 15 is 0 Å². The lowest BCUT2D eigenvalue weighted by Crippen LogP contribution is -2.27. The van der Waals surface area contributed by atoms with E-state index in [1.807, 2.05) is 0 Å². The van der Waals surface area contributed by atoms with E-state index in [4.69, 9.17) is 0 Å². The maximum absolute atomic E-state index is 12.4. The van der Waals surface area contributed by atoms with Gasteiger partial charge in [0, 0.05) is 13.6 Å². The molecule has 9 heteroatoms. The molecule has 2 aromatic rings. The second kappa shape index (κ2) is 5.27. The number of halogens is 3. The Morgan fingerprint density at radius 1 is 1.30 bits per heavy atom. The molecule has 1 aromatic carbocycles. The lowest BCUT2D eigenvalue weighted by atomic mass is 10.1. The number of H-pyrrole nitrogens is 1. The highest BCUT2D eigenvalue weighted by atomic mass is 19.4. The molecule has 0 radical (unpaired) electrons. The summed E-state index contributed by atoms with van der Waals surface area (Å²) in [5.74, 6) is -0.571. The number of aromatic nitrogens is 4. The molecule has 6 nitrogen and oxygen atoms in total.